The Morgan fingerprint density at radius 2 is 1.77 bits per heavy atom. The molecule has 0 amide bonds. The molecule has 0 aromatic heterocycles. The van der Waals surface area contributed by atoms with Crippen molar-refractivity contribution >= 4 is 5.78 Å². The Bertz CT molecular complexity index is 215. The van der Waals surface area contributed by atoms with E-state index in [-0.39, 0.29) is 0 Å². The number of carbonyl (C=O) groups is 1. The molecule has 3 aliphatic carbocycles. The molecule has 0 heterocycles. The van der Waals surface area contributed by atoms with Crippen molar-refractivity contribution in [3.63, 3.8) is 0 Å². The van der Waals surface area contributed by atoms with Crippen molar-refractivity contribution in [3.05, 3.63) is 0 Å². The van der Waals surface area contributed by atoms with Crippen molar-refractivity contribution in [1.82, 2.24) is 0 Å². The highest BCUT2D eigenvalue weighted by atomic mass is 16.1. The molecule has 0 N–H and O–H groups in total. The Kier molecular flexibility index (Phi) is 2.01. The van der Waals surface area contributed by atoms with Gasteiger partial charge in [0.25, 0.3) is 0 Å². The van der Waals surface area contributed by atoms with Gasteiger partial charge in [-0.05, 0) is 49.4 Å². The minimum absolute atomic E-state index is 0.379. The zero-order valence-corrected chi connectivity index (χ0v) is 8.97. The maximum Gasteiger partial charge on any atom is 0.130 e. The van der Waals surface area contributed by atoms with E-state index in [2.05, 4.69) is 13.8 Å². The first-order valence-corrected chi connectivity index (χ1v) is 5.49. The van der Waals surface area contributed by atoms with Gasteiger partial charge in [-0.15, -0.1) is 0 Å². The predicted molar refractivity (Wildman–Crippen MR) is 53.4 cm³/mol. The van der Waals surface area contributed by atoms with E-state index < -0.39 is 0 Å². The molecule has 74 valence electrons. The van der Waals surface area contributed by atoms with Crippen LogP contribution in [-0.4, -0.2) is 5.78 Å². The minimum atomic E-state index is 0.379. The van der Waals surface area contributed by atoms with E-state index in [9.17, 15) is 4.79 Å². The van der Waals surface area contributed by atoms with E-state index >= 15 is 0 Å². The third kappa shape index (κ3) is 1.43. The molecule has 2 bridgehead atoms. The van der Waals surface area contributed by atoms with Crippen LogP contribution in [0.4, 0.5) is 0 Å². The van der Waals surface area contributed by atoms with Gasteiger partial charge in [0.05, 0.1) is 0 Å². The van der Waals surface area contributed by atoms with Crippen molar-refractivity contribution in [2.75, 3.05) is 0 Å². The number of fused-ring (bicyclic) bond motifs is 2. The van der Waals surface area contributed by atoms with E-state index in [1.165, 1.54) is 19.3 Å². The fraction of sp³-hybridized carbons (Fsp3) is 0.917. The average Bonchev–Trinajstić information content (AvgIpc) is 2.03. The second-order valence-electron chi connectivity index (χ2n) is 5.69. The van der Waals surface area contributed by atoms with Crippen LogP contribution in [0.15, 0.2) is 0 Å². The number of ketones is 1. The first-order valence-electron chi connectivity index (χ1n) is 5.49. The van der Waals surface area contributed by atoms with Crippen LogP contribution in [-0.2, 0) is 4.79 Å². The van der Waals surface area contributed by atoms with Crippen molar-refractivity contribution < 1.29 is 4.79 Å². The van der Waals surface area contributed by atoms with E-state index in [1.807, 2.05) is 0 Å². The van der Waals surface area contributed by atoms with Gasteiger partial charge in [0, 0.05) is 6.42 Å². The van der Waals surface area contributed by atoms with Crippen molar-refractivity contribution in [3.8, 4) is 0 Å². The Labute approximate surface area is 80.9 Å². The summed E-state index contributed by atoms with van der Waals surface area (Å²) >= 11 is 0. The summed E-state index contributed by atoms with van der Waals surface area (Å²) in [7, 11) is 0. The summed E-state index contributed by atoms with van der Waals surface area (Å²) < 4.78 is 0. The molecule has 0 aliphatic heterocycles. The number of Topliss-reactive ketones (excluding diaryl/α,β-unsaturated/α-hetero) is 1. The number of hydrogen-bond acceptors (Lipinski definition) is 1. The highest BCUT2D eigenvalue weighted by molar-refractivity contribution is 5.75. The number of rotatable bonds is 2. The summed E-state index contributed by atoms with van der Waals surface area (Å²) in [5.74, 6) is 2.92. The van der Waals surface area contributed by atoms with Crippen LogP contribution in [0.2, 0.25) is 0 Å². The van der Waals surface area contributed by atoms with E-state index in [0.717, 1.165) is 18.3 Å². The maximum atomic E-state index is 11.0. The van der Waals surface area contributed by atoms with Crippen LogP contribution >= 0.6 is 0 Å². The molecular formula is C12H20O. The first-order chi connectivity index (χ1) is 6.00. The Morgan fingerprint density at radius 1 is 1.23 bits per heavy atom. The lowest BCUT2D eigenvalue weighted by molar-refractivity contribution is -0.123. The molecule has 3 saturated carbocycles. The van der Waals surface area contributed by atoms with Gasteiger partial charge in [-0.25, -0.2) is 0 Å². The van der Waals surface area contributed by atoms with Crippen molar-refractivity contribution in [2.45, 2.75) is 46.5 Å². The summed E-state index contributed by atoms with van der Waals surface area (Å²) in [6.07, 6.45) is 4.89. The largest absolute Gasteiger partial charge is 0.300 e. The quantitative estimate of drug-likeness (QED) is 0.638. The van der Waals surface area contributed by atoms with Gasteiger partial charge in [-0.2, -0.15) is 0 Å². The van der Waals surface area contributed by atoms with Crippen LogP contribution < -0.4 is 0 Å². The molecule has 0 unspecified atom stereocenters. The molecule has 0 aromatic rings. The molecular weight excluding hydrogens is 160 g/mol. The second kappa shape index (κ2) is 2.83. The first kappa shape index (κ1) is 9.23. The standard InChI is InChI=1S/C12H20O/c1-8(13)4-9-5-10-7-11(6-9)12(10,2)3/h9-11H,4-7H2,1-3H3/t9-,10-,11+. The number of hydrogen-bond donors (Lipinski definition) is 0. The van der Waals surface area contributed by atoms with Gasteiger partial charge in [-0.3, -0.25) is 0 Å². The molecule has 0 aromatic carbocycles. The molecule has 3 rings (SSSR count). The highest BCUT2D eigenvalue weighted by Crippen LogP contribution is 2.61. The summed E-state index contributed by atoms with van der Waals surface area (Å²) in [6.45, 7) is 6.52. The molecule has 1 nitrogen and oxygen atoms in total. The van der Waals surface area contributed by atoms with Gasteiger partial charge in [0.1, 0.15) is 5.78 Å². The van der Waals surface area contributed by atoms with E-state index in [1.54, 1.807) is 6.92 Å². The predicted octanol–water partition coefficient (Wildman–Crippen LogP) is 3.04. The van der Waals surface area contributed by atoms with Crippen LogP contribution in [0.25, 0.3) is 0 Å². The summed E-state index contributed by atoms with van der Waals surface area (Å²) in [5.41, 5.74) is 0.591. The topological polar surface area (TPSA) is 17.1 Å². The SMILES string of the molecule is CC(=O)C[C@@H]1C[C@@H]2C[C@H](C1)C2(C)C. The maximum absolute atomic E-state index is 11.0. The van der Waals surface area contributed by atoms with Crippen LogP contribution in [0.1, 0.15) is 46.5 Å². The number of carbonyl (C=O) groups excluding carboxylic acids is 1. The van der Waals surface area contributed by atoms with Gasteiger partial charge in [0.15, 0.2) is 0 Å². The van der Waals surface area contributed by atoms with Gasteiger partial charge >= 0.3 is 0 Å². The molecule has 13 heavy (non-hydrogen) atoms. The van der Waals surface area contributed by atoms with E-state index in [0.29, 0.717) is 17.1 Å². The van der Waals surface area contributed by atoms with Gasteiger partial charge in [0.2, 0.25) is 0 Å². The Morgan fingerprint density at radius 3 is 2.15 bits per heavy atom. The fourth-order valence-electron chi connectivity index (χ4n) is 3.40. The zero-order chi connectivity index (χ0) is 9.64. The lowest BCUT2D eigenvalue weighted by Gasteiger charge is -2.59. The molecule has 3 atom stereocenters. The lowest BCUT2D eigenvalue weighted by atomic mass is 9.46. The normalized spacial score (nSPS) is 41.0. The monoisotopic (exact) mass is 180 g/mol. The molecule has 0 saturated heterocycles. The molecule has 3 fully saturated rings. The van der Waals surface area contributed by atoms with Crippen LogP contribution in [0.3, 0.4) is 0 Å². The van der Waals surface area contributed by atoms with E-state index in [4.69, 9.17) is 0 Å². The van der Waals surface area contributed by atoms with Crippen LogP contribution in [0.5, 0.6) is 0 Å². The minimum Gasteiger partial charge on any atom is -0.300 e. The lowest BCUT2D eigenvalue weighted by Crippen LogP contribution is -2.50. The molecule has 0 spiro atoms. The molecule has 0 radical (unpaired) electrons. The van der Waals surface area contributed by atoms with Gasteiger partial charge in [-0.1, -0.05) is 13.8 Å². The third-order valence-corrected chi connectivity index (χ3v) is 4.49. The smallest absolute Gasteiger partial charge is 0.130 e. The Hall–Kier alpha value is -0.330. The second-order valence-corrected chi connectivity index (χ2v) is 5.69. The fourth-order valence-corrected chi connectivity index (χ4v) is 3.40. The van der Waals surface area contributed by atoms with Crippen LogP contribution in [0, 0.1) is 23.2 Å². The molecule has 1 heteroatoms. The highest BCUT2D eigenvalue weighted by Gasteiger charge is 2.52. The average molecular weight is 180 g/mol. The Balaban J connectivity index is 1.93. The van der Waals surface area contributed by atoms with Crippen molar-refractivity contribution in [1.29, 1.82) is 0 Å². The third-order valence-electron chi connectivity index (χ3n) is 4.49. The summed E-state index contributed by atoms with van der Waals surface area (Å²) in [5, 5.41) is 0. The zero-order valence-electron chi connectivity index (χ0n) is 8.97. The summed E-state index contributed by atoms with van der Waals surface area (Å²) in [6, 6.07) is 0. The molecule has 3 aliphatic rings. The van der Waals surface area contributed by atoms with Gasteiger partial charge < -0.3 is 4.79 Å². The van der Waals surface area contributed by atoms with Crippen molar-refractivity contribution in [2.24, 2.45) is 23.2 Å². The summed E-state index contributed by atoms with van der Waals surface area (Å²) in [4.78, 5) is 11.0.